The van der Waals surface area contributed by atoms with Gasteiger partial charge in [0.15, 0.2) is 0 Å². The molecule has 0 radical (unpaired) electrons. The molecular weight excluding hydrogens is 230 g/mol. The van der Waals surface area contributed by atoms with Crippen LogP contribution in [-0.2, 0) is 14.3 Å². The molecule has 0 amide bonds. The maximum absolute atomic E-state index is 11.7. The van der Waals surface area contributed by atoms with E-state index in [1.807, 2.05) is 13.8 Å². The summed E-state index contributed by atoms with van der Waals surface area (Å²) in [4.78, 5) is 14.0. The molecule has 4 heteroatoms. The summed E-state index contributed by atoms with van der Waals surface area (Å²) in [5.41, 5.74) is -0.861. The highest BCUT2D eigenvalue weighted by Gasteiger charge is 2.41. The zero-order chi connectivity index (χ0) is 14.2. The Kier molecular flexibility index (Phi) is 4.13. The fourth-order valence-electron chi connectivity index (χ4n) is 2.96. The van der Waals surface area contributed by atoms with Crippen molar-refractivity contribution < 1.29 is 14.3 Å². The quantitative estimate of drug-likeness (QED) is 0.726. The lowest BCUT2D eigenvalue weighted by Crippen LogP contribution is -2.59. The number of carbonyl (C=O) groups excluding carboxylic acids is 1. The van der Waals surface area contributed by atoms with Crippen LogP contribution >= 0.6 is 0 Å². The first-order valence-corrected chi connectivity index (χ1v) is 6.48. The summed E-state index contributed by atoms with van der Waals surface area (Å²) < 4.78 is 10.9. The van der Waals surface area contributed by atoms with Crippen LogP contribution in [0.1, 0.15) is 41.5 Å². The number of nitrogens with zero attached hydrogens (tertiary/aromatic N) is 1. The molecule has 1 aliphatic rings. The number of morpholine rings is 1. The standard InChI is InChI=1S/C14H27NO3/c1-12(2,11(16)17-7)8-15-9-13(3,4)18-14(5,6)10-15/h8-10H2,1-7H3. The van der Waals surface area contributed by atoms with Crippen LogP contribution in [0.5, 0.6) is 0 Å². The van der Waals surface area contributed by atoms with Gasteiger partial charge in [0, 0.05) is 19.6 Å². The van der Waals surface area contributed by atoms with Crippen LogP contribution in [0.3, 0.4) is 0 Å². The maximum Gasteiger partial charge on any atom is 0.312 e. The zero-order valence-electron chi connectivity index (χ0n) is 12.8. The molecule has 0 bridgehead atoms. The van der Waals surface area contributed by atoms with Gasteiger partial charge < -0.3 is 9.47 Å². The first kappa shape index (κ1) is 15.4. The highest BCUT2D eigenvalue weighted by molar-refractivity contribution is 5.76. The Morgan fingerprint density at radius 1 is 1.22 bits per heavy atom. The molecule has 0 N–H and O–H groups in total. The van der Waals surface area contributed by atoms with E-state index in [0.29, 0.717) is 6.54 Å². The predicted molar refractivity (Wildman–Crippen MR) is 71.5 cm³/mol. The zero-order valence-corrected chi connectivity index (χ0v) is 12.8. The Morgan fingerprint density at radius 3 is 2.06 bits per heavy atom. The van der Waals surface area contributed by atoms with Gasteiger partial charge in [-0.15, -0.1) is 0 Å². The Morgan fingerprint density at radius 2 is 1.67 bits per heavy atom. The Bertz CT molecular complexity index is 305. The minimum atomic E-state index is -0.488. The number of rotatable bonds is 3. The second kappa shape index (κ2) is 4.82. The van der Waals surface area contributed by atoms with Gasteiger partial charge in [-0.25, -0.2) is 0 Å². The minimum Gasteiger partial charge on any atom is -0.469 e. The van der Waals surface area contributed by atoms with Gasteiger partial charge in [0.2, 0.25) is 0 Å². The van der Waals surface area contributed by atoms with E-state index in [2.05, 4.69) is 32.6 Å². The van der Waals surface area contributed by atoms with Gasteiger partial charge in [-0.2, -0.15) is 0 Å². The van der Waals surface area contributed by atoms with Gasteiger partial charge in [0.05, 0.1) is 23.7 Å². The number of hydrogen-bond acceptors (Lipinski definition) is 4. The fraction of sp³-hybridized carbons (Fsp3) is 0.929. The van der Waals surface area contributed by atoms with Crippen molar-refractivity contribution in [3.05, 3.63) is 0 Å². The third-order valence-electron chi connectivity index (χ3n) is 3.12. The van der Waals surface area contributed by atoms with Crippen molar-refractivity contribution >= 4 is 5.97 Å². The van der Waals surface area contributed by atoms with Crippen LogP contribution in [0.15, 0.2) is 0 Å². The van der Waals surface area contributed by atoms with E-state index >= 15 is 0 Å². The molecule has 1 aliphatic heterocycles. The maximum atomic E-state index is 11.7. The average molecular weight is 257 g/mol. The van der Waals surface area contributed by atoms with Gasteiger partial charge >= 0.3 is 5.97 Å². The monoisotopic (exact) mass is 257 g/mol. The molecule has 1 saturated heterocycles. The van der Waals surface area contributed by atoms with E-state index in [9.17, 15) is 4.79 Å². The molecule has 1 fully saturated rings. The van der Waals surface area contributed by atoms with Crippen molar-refractivity contribution in [2.45, 2.75) is 52.7 Å². The SMILES string of the molecule is COC(=O)C(C)(C)CN1CC(C)(C)OC(C)(C)C1. The van der Waals surface area contributed by atoms with Crippen LogP contribution in [-0.4, -0.2) is 48.8 Å². The van der Waals surface area contributed by atoms with E-state index in [-0.39, 0.29) is 17.2 Å². The average Bonchev–Trinajstić information content (AvgIpc) is 2.09. The molecule has 0 aromatic heterocycles. The van der Waals surface area contributed by atoms with Crippen LogP contribution in [0, 0.1) is 5.41 Å². The second-order valence-electron chi connectivity index (χ2n) is 7.14. The van der Waals surface area contributed by atoms with Crippen LogP contribution in [0.2, 0.25) is 0 Å². The van der Waals surface area contributed by atoms with E-state index in [4.69, 9.17) is 9.47 Å². The van der Waals surface area contributed by atoms with Crippen molar-refractivity contribution in [3.63, 3.8) is 0 Å². The molecule has 0 aromatic rings. The highest BCUT2D eigenvalue weighted by Crippen LogP contribution is 2.30. The molecular formula is C14H27NO3. The third-order valence-corrected chi connectivity index (χ3v) is 3.12. The smallest absolute Gasteiger partial charge is 0.312 e. The molecule has 4 nitrogen and oxygen atoms in total. The van der Waals surface area contributed by atoms with Crippen molar-refractivity contribution in [2.75, 3.05) is 26.7 Å². The lowest BCUT2D eigenvalue weighted by Gasteiger charge is -2.48. The molecule has 0 unspecified atom stereocenters. The summed E-state index contributed by atoms with van der Waals surface area (Å²) in [7, 11) is 1.44. The van der Waals surface area contributed by atoms with Crippen molar-refractivity contribution in [1.29, 1.82) is 0 Å². The Labute approximate surface area is 111 Å². The van der Waals surface area contributed by atoms with Gasteiger partial charge in [0.25, 0.3) is 0 Å². The van der Waals surface area contributed by atoms with E-state index in [0.717, 1.165) is 13.1 Å². The first-order valence-electron chi connectivity index (χ1n) is 6.48. The number of esters is 1. The normalized spacial score (nSPS) is 23.7. The summed E-state index contributed by atoms with van der Waals surface area (Å²) in [5.74, 6) is -0.162. The number of hydrogen-bond donors (Lipinski definition) is 0. The molecule has 0 saturated carbocycles. The van der Waals surface area contributed by atoms with Crippen molar-refractivity contribution in [3.8, 4) is 0 Å². The first-order chi connectivity index (χ1) is 7.97. The van der Waals surface area contributed by atoms with Crippen LogP contribution in [0.4, 0.5) is 0 Å². The number of carbonyl (C=O) groups is 1. The molecule has 1 rings (SSSR count). The minimum absolute atomic E-state index is 0.162. The number of methoxy groups -OCH3 is 1. The summed E-state index contributed by atoms with van der Waals surface area (Å²) in [6.45, 7) is 14.6. The third kappa shape index (κ3) is 3.95. The van der Waals surface area contributed by atoms with E-state index in [1.54, 1.807) is 0 Å². The summed E-state index contributed by atoms with van der Waals surface area (Å²) in [6.07, 6.45) is 0. The van der Waals surface area contributed by atoms with Crippen molar-refractivity contribution in [1.82, 2.24) is 4.90 Å². The molecule has 0 aliphatic carbocycles. The van der Waals surface area contributed by atoms with Gasteiger partial charge in [-0.1, -0.05) is 0 Å². The van der Waals surface area contributed by atoms with E-state index < -0.39 is 5.41 Å². The second-order valence-corrected chi connectivity index (χ2v) is 7.14. The summed E-state index contributed by atoms with van der Waals surface area (Å²) in [6, 6.07) is 0. The molecule has 0 aromatic carbocycles. The Balaban J connectivity index is 2.76. The van der Waals surface area contributed by atoms with Gasteiger partial charge in [0.1, 0.15) is 0 Å². The fourth-order valence-corrected chi connectivity index (χ4v) is 2.96. The molecule has 1 heterocycles. The van der Waals surface area contributed by atoms with Gasteiger partial charge in [-0.3, -0.25) is 9.69 Å². The molecule has 18 heavy (non-hydrogen) atoms. The lowest BCUT2D eigenvalue weighted by atomic mass is 9.90. The van der Waals surface area contributed by atoms with Crippen LogP contribution < -0.4 is 0 Å². The summed E-state index contributed by atoms with van der Waals surface area (Å²) in [5, 5.41) is 0. The molecule has 106 valence electrons. The predicted octanol–water partition coefficient (Wildman–Crippen LogP) is 2.07. The Hall–Kier alpha value is -0.610. The van der Waals surface area contributed by atoms with Crippen molar-refractivity contribution in [2.24, 2.45) is 5.41 Å². The van der Waals surface area contributed by atoms with Gasteiger partial charge in [-0.05, 0) is 41.5 Å². The highest BCUT2D eigenvalue weighted by atomic mass is 16.5. The molecule has 0 spiro atoms. The number of ether oxygens (including phenoxy) is 2. The summed E-state index contributed by atoms with van der Waals surface area (Å²) >= 11 is 0. The van der Waals surface area contributed by atoms with E-state index in [1.165, 1.54) is 7.11 Å². The largest absolute Gasteiger partial charge is 0.469 e. The van der Waals surface area contributed by atoms with Crippen LogP contribution in [0.25, 0.3) is 0 Å². The molecule has 0 atom stereocenters. The lowest BCUT2D eigenvalue weighted by molar-refractivity contribution is -0.187. The topological polar surface area (TPSA) is 38.8 Å².